The number of amides is 1. The monoisotopic (exact) mass is 375 g/mol. The molecule has 27 heavy (non-hydrogen) atoms. The number of aliphatic hydroxyl groups excluding tert-OH is 3. The Hall–Kier alpha value is -2.03. The van der Waals surface area contributed by atoms with Crippen molar-refractivity contribution in [2.24, 2.45) is 0 Å². The van der Waals surface area contributed by atoms with Gasteiger partial charge in [0.25, 0.3) is 0 Å². The Morgan fingerprint density at radius 3 is 2.63 bits per heavy atom. The fourth-order valence-electron chi connectivity index (χ4n) is 3.41. The summed E-state index contributed by atoms with van der Waals surface area (Å²) >= 11 is 0. The van der Waals surface area contributed by atoms with Crippen molar-refractivity contribution in [3.8, 4) is 0 Å². The second-order valence-corrected chi connectivity index (χ2v) is 6.69. The van der Waals surface area contributed by atoms with Crippen LogP contribution in [-0.2, 0) is 20.7 Å². The minimum absolute atomic E-state index is 0.287. The van der Waals surface area contributed by atoms with Gasteiger partial charge in [0.15, 0.2) is 6.29 Å². The van der Waals surface area contributed by atoms with Crippen LogP contribution in [0.2, 0.25) is 0 Å². The van der Waals surface area contributed by atoms with Crippen molar-refractivity contribution >= 4 is 16.7 Å². The third-order valence-corrected chi connectivity index (χ3v) is 4.78. The van der Waals surface area contributed by atoms with E-state index in [1.54, 1.807) is 0 Å². The van der Waals surface area contributed by atoms with E-state index in [1.807, 2.05) is 42.5 Å². The summed E-state index contributed by atoms with van der Waals surface area (Å²) < 4.78 is 11.3. The van der Waals surface area contributed by atoms with Crippen molar-refractivity contribution in [3.63, 3.8) is 0 Å². The van der Waals surface area contributed by atoms with Crippen molar-refractivity contribution in [2.45, 2.75) is 44.0 Å². The van der Waals surface area contributed by atoms with Crippen LogP contribution < -0.4 is 5.32 Å². The Kier molecular flexibility index (Phi) is 6.41. The van der Waals surface area contributed by atoms with E-state index < -0.39 is 37.3 Å². The fraction of sp³-hybridized carbons (Fsp3) is 0.450. The number of nitrogens with one attached hydrogen (secondary N) is 1. The van der Waals surface area contributed by atoms with Crippen LogP contribution in [0.4, 0.5) is 0 Å². The average Bonchev–Trinajstić information content (AvgIpc) is 2.67. The maximum Gasteiger partial charge on any atom is 0.217 e. The van der Waals surface area contributed by atoms with Crippen LogP contribution >= 0.6 is 0 Å². The molecule has 2 aromatic carbocycles. The lowest BCUT2D eigenvalue weighted by atomic mass is 9.97. The van der Waals surface area contributed by atoms with Crippen LogP contribution in [0, 0.1) is 0 Å². The van der Waals surface area contributed by atoms with E-state index in [0.29, 0.717) is 6.42 Å². The largest absolute Gasteiger partial charge is 0.394 e. The molecule has 0 aromatic heterocycles. The fourth-order valence-corrected chi connectivity index (χ4v) is 3.41. The summed E-state index contributed by atoms with van der Waals surface area (Å²) in [6.07, 6.45) is -3.96. The highest BCUT2D eigenvalue weighted by atomic mass is 16.7. The van der Waals surface area contributed by atoms with Gasteiger partial charge in [-0.3, -0.25) is 4.79 Å². The van der Waals surface area contributed by atoms with E-state index in [9.17, 15) is 20.1 Å². The number of hydrogen-bond donors (Lipinski definition) is 4. The second kappa shape index (κ2) is 8.77. The number of rotatable bonds is 6. The third kappa shape index (κ3) is 4.45. The van der Waals surface area contributed by atoms with Gasteiger partial charge in [-0.25, -0.2) is 0 Å². The number of benzene rings is 2. The van der Waals surface area contributed by atoms with E-state index in [0.717, 1.165) is 16.3 Å². The first kappa shape index (κ1) is 19.7. The van der Waals surface area contributed by atoms with Gasteiger partial charge in [0, 0.05) is 6.92 Å². The summed E-state index contributed by atoms with van der Waals surface area (Å²) in [7, 11) is 0. The van der Waals surface area contributed by atoms with Gasteiger partial charge >= 0.3 is 0 Å². The van der Waals surface area contributed by atoms with E-state index >= 15 is 0 Å². The molecular formula is C20H25NO6. The van der Waals surface area contributed by atoms with E-state index in [2.05, 4.69) is 5.32 Å². The topological polar surface area (TPSA) is 108 Å². The summed E-state index contributed by atoms with van der Waals surface area (Å²) in [5, 5.41) is 34.5. The molecule has 3 rings (SSSR count). The molecule has 1 amide bonds. The Balaban J connectivity index is 1.69. The first-order valence-electron chi connectivity index (χ1n) is 8.99. The average molecular weight is 375 g/mol. The standard InChI is InChI=1S/C20H25NO6/c1-12(23)21-17-19(25)18(24)16(11-22)27-20(17)26-10-9-14-7-4-6-13-5-2-3-8-15(13)14/h2-8,16-20,22,24-25H,9-11H2,1H3,(H,21,23)/t16-,17+,18+,19-,20-/m0/s1. The van der Waals surface area contributed by atoms with E-state index in [1.165, 1.54) is 6.92 Å². The Labute approximate surface area is 157 Å². The molecule has 1 fully saturated rings. The molecule has 1 aliphatic rings. The summed E-state index contributed by atoms with van der Waals surface area (Å²) in [5.41, 5.74) is 1.11. The Bertz CT molecular complexity index is 777. The molecule has 0 saturated carbocycles. The van der Waals surface area contributed by atoms with Crippen LogP contribution in [0.25, 0.3) is 10.8 Å². The predicted octanol–water partition coefficient (Wildman–Crippen LogP) is 0.343. The highest BCUT2D eigenvalue weighted by Gasteiger charge is 2.45. The summed E-state index contributed by atoms with van der Waals surface area (Å²) in [5.74, 6) is -0.375. The van der Waals surface area contributed by atoms with Gasteiger partial charge in [0.05, 0.1) is 13.2 Å². The lowest BCUT2D eigenvalue weighted by Gasteiger charge is -2.42. The SMILES string of the molecule is CC(=O)N[C@H]1[C@@H](OCCc2cccc3ccccc23)O[C@@H](CO)[C@@H](O)[C@H]1O. The van der Waals surface area contributed by atoms with Crippen LogP contribution in [0.3, 0.4) is 0 Å². The summed E-state index contributed by atoms with van der Waals surface area (Å²) in [4.78, 5) is 11.4. The molecule has 1 heterocycles. The number of carbonyl (C=O) groups excluding carboxylic acids is 1. The molecule has 7 nitrogen and oxygen atoms in total. The van der Waals surface area contributed by atoms with E-state index in [-0.39, 0.29) is 12.5 Å². The molecule has 0 aliphatic carbocycles. The van der Waals surface area contributed by atoms with Crippen LogP contribution in [-0.4, -0.2) is 65.1 Å². The highest BCUT2D eigenvalue weighted by Crippen LogP contribution is 2.23. The molecule has 0 radical (unpaired) electrons. The highest BCUT2D eigenvalue weighted by molar-refractivity contribution is 5.85. The van der Waals surface area contributed by atoms with Crippen LogP contribution in [0.5, 0.6) is 0 Å². The zero-order chi connectivity index (χ0) is 19.4. The minimum atomic E-state index is -1.32. The molecule has 5 atom stereocenters. The van der Waals surface area contributed by atoms with Crippen molar-refractivity contribution in [2.75, 3.05) is 13.2 Å². The molecule has 1 aliphatic heterocycles. The molecule has 146 valence electrons. The summed E-state index contributed by atoms with van der Waals surface area (Å²) in [6, 6.07) is 13.2. The van der Waals surface area contributed by atoms with Crippen LogP contribution in [0.1, 0.15) is 12.5 Å². The van der Waals surface area contributed by atoms with Crippen molar-refractivity contribution < 1.29 is 29.6 Å². The number of aliphatic hydroxyl groups is 3. The minimum Gasteiger partial charge on any atom is -0.394 e. The normalized spacial score (nSPS) is 28.2. The van der Waals surface area contributed by atoms with Crippen molar-refractivity contribution in [1.82, 2.24) is 5.32 Å². The van der Waals surface area contributed by atoms with Gasteiger partial charge in [0.1, 0.15) is 24.4 Å². The molecule has 7 heteroatoms. The molecule has 0 bridgehead atoms. The Morgan fingerprint density at radius 1 is 1.15 bits per heavy atom. The van der Waals surface area contributed by atoms with Crippen LogP contribution in [0.15, 0.2) is 42.5 Å². The van der Waals surface area contributed by atoms with Gasteiger partial charge in [-0.05, 0) is 22.8 Å². The smallest absolute Gasteiger partial charge is 0.217 e. The quantitative estimate of drug-likeness (QED) is 0.580. The van der Waals surface area contributed by atoms with E-state index in [4.69, 9.17) is 9.47 Å². The maximum atomic E-state index is 11.4. The van der Waals surface area contributed by atoms with Gasteiger partial charge < -0.3 is 30.1 Å². The molecule has 1 saturated heterocycles. The zero-order valence-electron chi connectivity index (χ0n) is 15.1. The molecule has 0 spiro atoms. The predicted molar refractivity (Wildman–Crippen MR) is 99.0 cm³/mol. The van der Waals surface area contributed by atoms with Gasteiger partial charge in [-0.15, -0.1) is 0 Å². The first-order valence-corrected chi connectivity index (χ1v) is 8.99. The zero-order valence-corrected chi connectivity index (χ0v) is 15.1. The van der Waals surface area contributed by atoms with Gasteiger partial charge in [-0.1, -0.05) is 42.5 Å². The molecule has 0 unspecified atom stereocenters. The molecule has 4 N–H and O–H groups in total. The Morgan fingerprint density at radius 2 is 1.89 bits per heavy atom. The third-order valence-electron chi connectivity index (χ3n) is 4.78. The molecule has 2 aromatic rings. The van der Waals surface area contributed by atoms with Crippen molar-refractivity contribution in [3.05, 3.63) is 48.0 Å². The van der Waals surface area contributed by atoms with Gasteiger partial charge in [0.2, 0.25) is 5.91 Å². The number of ether oxygens (including phenoxy) is 2. The number of fused-ring (bicyclic) bond motifs is 1. The maximum absolute atomic E-state index is 11.4. The van der Waals surface area contributed by atoms with Crippen molar-refractivity contribution in [1.29, 1.82) is 0 Å². The number of hydrogen-bond acceptors (Lipinski definition) is 6. The molecular weight excluding hydrogens is 350 g/mol. The van der Waals surface area contributed by atoms with Gasteiger partial charge in [-0.2, -0.15) is 0 Å². The lowest BCUT2D eigenvalue weighted by molar-refractivity contribution is -0.269. The summed E-state index contributed by atoms with van der Waals surface area (Å²) in [6.45, 7) is 1.13. The second-order valence-electron chi connectivity index (χ2n) is 6.69. The number of carbonyl (C=O) groups is 1. The first-order chi connectivity index (χ1) is 13.0. The lowest BCUT2D eigenvalue weighted by Crippen LogP contribution is -2.64.